The summed E-state index contributed by atoms with van der Waals surface area (Å²) in [6.07, 6.45) is 1.73. The van der Waals surface area contributed by atoms with E-state index < -0.39 is 0 Å². The topological polar surface area (TPSA) is 53.7 Å². The van der Waals surface area contributed by atoms with Crippen LogP contribution < -0.4 is 15.2 Å². The van der Waals surface area contributed by atoms with Crippen molar-refractivity contribution in [1.82, 2.24) is 0 Å². The van der Waals surface area contributed by atoms with E-state index >= 15 is 0 Å². The van der Waals surface area contributed by atoms with Crippen molar-refractivity contribution in [3.05, 3.63) is 23.8 Å². The van der Waals surface area contributed by atoms with Crippen LogP contribution in [0.4, 0.5) is 0 Å². The summed E-state index contributed by atoms with van der Waals surface area (Å²) in [4.78, 5) is 0. The van der Waals surface area contributed by atoms with Crippen LogP contribution in [0.1, 0.15) is 25.8 Å². The van der Waals surface area contributed by atoms with Gasteiger partial charge in [0.25, 0.3) is 0 Å². The maximum atomic E-state index is 6.02. The van der Waals surface area contributed by atoms with Crippen LogP contribution in [0.25, 0.3) is 0 Å². The van der Waals surface area contributed by atoms with E-state index in [0.29, 0.717) is 19.8 Å². The van der Waals surface area contributed by atoms with Gasteiger partial charge in [0.2, 0.25) is 0 Å². The Balaban J connectivity index is 2.71. The molecular weight excluding hydrogens is 242 g/mol. The molecule has 1 aromatic rings. The summed E-state index contributed by atoms with van der Waals surface area (Å²) < 4.78 is 16.3. The molecule has 0 heterocycles. The average Bonchev–Trinajstić information content (AvgIpc) is 2.44. The second-order valence-corrected chi connectivity index (χ2v) is 4.39. The Kier molecular flexibility index (Phi) is 7.30. The quantitative estimate of drug-likeness (QED) is 0.698. The monoisotopic (exact) mass is 267 g/mol. The number of hydrogen-bond donors (Lipinski definition) is 1. The third-order valence-corrected chi connectivity index (χ3v) is 2.96. The lowest BCUT2D eigenvalue weighted by Gasteiger charge is -2.15. The van der Waals surface area contributed by atoms with E-state index in [-0.39, 0.29) is 6.04 Å². The standard InChI is InChI=1S/C15H25NO3/c1-4-13(16)10-12-11-14(17-3)6-7-15(12)19-9-8-18-5-2/h6-7,11,13H,4-5,8-10,16H2,1-3H3. The zero-order valence-corrected chi connectivity index (χ0v) is 12.1. The van der Waals surface area contributed by atoms with Crippen molar-refractivity contribution in [3.63, 3.8) is 0 Å². The number of hydrogen-bond acceptors (Lipinski definition) is 4. The Morgan fingerprint density at radius 3 is 2.63 bits per heavy atom. The highest BCUT2D eigenvalue weighted by Crippen LogP contribution is 2.25. The molecule has 19 heavy (non-hydrogen) atoms. The molecule has 0 amide bonds. The molecule has 0 spiro atoms. The Hall–Kier alpha value is -1.26. The van der Waals surface area contributed by atoms with Crippen LogP contribution in [0.5, 0.6) is 11.5 Å². The number of rotatable bonds is 9. The molecule has 0 saturated heterocycles. The molecule has 2 N–H and O–H groups in total. The Morgan fingerprint density at radius 2 is 2.00 bits per heavy atom. The van der Waals surface area contributed by atoms with Crippen molar-refractivity contribution in [2.75, 3.05) is 26.9 Å². The van der Waals surface area contributed by atoms with Crippen LogP contribution >= 0.6 is 0 Å². The van der Waals surface area contributed by atoms with Gasteiger partial charge < -0.3 is 19.9 Å². The highest BCUT2D eigenvalue weighted by atomic mass is 16.5. The number of nitrogens with two attached hydrogens (primary N) is 1. The second kappa shape index (κ2) is 8.77. The number of methoxy groups -OCH3 is 1. The van der Waals surface area contributed by atoms with E-state index in [1.54, 1.807) is 7.11 Å². The molecule has 0 fully saturated rings. The maximum Gasteiger partial charge on any atom is 0.122 e. The predicted octanol–water partition coefficient (Wildman–Crippen LogP) is 2.39. The van der Waals surface area contributed by atoms with E-state index in [0.717, 1.165) is 29.9 Å². The first-order valence-electron chi connectivity index (χ1n) is 6.84. The van der Waals surface area contributed by atoms with Gasteiger partial charge in [-0.05, 0) is 43.5 Å². The van der Waals surface area contributed by atoms with Gasteiger partial charge in [0.05, 0.1) is 13.7 Å². The molecule has 0 aliphatic heterocycles. The molecular formula is C15H25NO3. The summed E-state index contributed by atoms with van der Waals surface area (Å²) in [5, 5.41) is 0. The maximum absolute atomic E-state index is 6.02. The van der Waals surface area contributed by atoms with Gasteiger partial charge in [-0.25, -0.2) is 0 Å². The largest absolute Gasteiger partial charge is 0.497 e. The summed E-state index contributed by atoms with van der Waals surface area (Å²) in [7, 11) is 1.66. The third kappa shape index (κ3) is 5.49. The molecule has 0 aliphatic rings. The molecule has 1 unspecified atom stereocenters. The predicted molar refractivity (Wildman–Crippen MR) is 77.0 cm³/mol. The van der Waals surface area contributed by atoms with E-state index in [1.165, 1.54) is 0 Å². The third-order valence-electron chi connectivity index (χ3n) is 2.96. The van der Waals surface area contributed by atoms with Gasteiger partial charge in [-0.15, -0.1) is 0 Å². The molecule has 1 aromatic carbocycles. The molecule has 1 rings (SSSR count). The Morgan fingerprint density at radius 1 is 1.21 bits per heavy atom. The Labute approximate surface area is 115 Å². The fourth-order valence-corrected chi connectivity index (χ4v) is 1.76. The van der Waals surface area contributed by atoms with Crippen LogP contribution in [-0.2, 0) is 11.2 Å². The first-order valence-corrected chi connectivity index (χ1v) is 6.84. The van der Waals surface area contributed by atoms with Crippen molar-refractivity contribution in [1.29, 1.82) is 0 Å². The van der Waals surface area contributed by atoms with Gasteiger partial charge in [0.1, 0.15) is 18.1 Å². The molecule has 4 heteroatoms. The van der Waals surface area contributed by atoms with Crippen LogP contribution in [0.15, 0.2) is 18.2 Å². The van der Waals surface area contributed by atoms with Gasteiger partial charge in [-0.1, -0.05) is 6.92 Å². The fourth-order valence-electron chi connectivity index (χ4n) is 1.76. The number of benzene rings is 1. The molecule has 0 saturated carbocycles. The highest BCUT2D eigenvalue weighted by Gasteiger charge is 2.09. The summed E-state index contributed by atoms with van der Waals surface area (Å²) in [5.41, 5.74) is 7.11. The lowest BCUT2D eigenvalue weighted by Crippen LogP contribution is -2.22. The Bertz CT molecular complexity index is 368. The van der Waals surface area contributed by atoms with Crippen molar-refractivity contribution in [2.45, 2.75) is 32.7 Å². The van der Waals surface area contributed by atoms with Crippen LogP contribution in [0.3, 0.4) is 0 Å². The lowest BCUT2D eigenvalue weighted by molar-refractivity contribution is 0.110. The summed E-state index contributed by atoms with van der Waals surface area (Å²) in [5.74, 6) is 1.69. The highest BCUT2D eigenvalue weighted by molar-refractivity contribution is 5.40. The van der Waals surface area contributed by atoms with Gasteiger partial charge in [-0.2, -0.15) is 0 Å². The van der Waals surface area contributed by atoms with E-state index in [4.69, 9.17) is 19.9 Å². The SMILES string of the molecule is CCOCCOc1ccc(OC)cc1CC(N)CC. The van der Waals surface area contributed by atoms with Crippen LogP contribution in [-0.4, -0.2) is 33.0 Å². The van der Waals surface area contributed by atoms with Crippen molar-refractivity contribution >= 4 is 0 Å². The first kappa shape index (κ1) is 15.8. The molecule has 0 bridgehead atoms. The fraction of sp³-hybridized carbons (Fsp3) is 0.600. The van der Waals surface area contributed by atoms with Crippen LogP contribution in [0, 0.1) is 0 Å². The minimum atomic E-state index is 0.140. The summed E-state index contributed by atoms with van der Waals surface area (Å²) in [6.45, 7) is 5.91. The zero-order valence-electron chi connectivity index (χ0n) is 12.1. The van der Waals surface area contributed by atoms with E-state index in [1.807, 2.05) is 25.1 Å². The molecule has 0 radical (unpaired) electrons. The zero-order chi connectivity index (χ0) is 14.1. The molecule has 1 atom stereocenters. The molecule has 0 aliphatic carbocycles. The van der Waals surface area contributed by atoms with Gasteiger partial charge >= 0.3 is 0 Å². The number of ether oxygens (including phenoxy) is 3. The van der Waals surface area contributed by atoms with Crippen molar-refractivity contribution in [2.24, 2.45) is 5.73 Å². The normalized spacial score (nSPS) is 12.2. The van der Waals surface area contributed by atoms with Crippen molar-refractivity contribution < 1.29 is 14.2 Å². The van der Waals surface area contributed by atoms with Gasteiger partial charge in [-0.3, -0.25) is 0 Å². The van der Waals surface area contributed by atoms with Crippen LogP contribution in [0.2, 0.25) is 0 Å². The smallest absolute Gasteiger partial charge is 0.122 e. The minimum absolute atomic E-state index is 0.140. The van der Waals surface area contributed by atoms with Gasteiger partial charge in [0, 0.05) is 12.6 Å². The van der Waals surface area contributed by atoms with Gasteiger partial charge in [0.15, 0.2) is 0 Å². The van der Waals surface area contributed by atoms with Crippen molar-refractivity contribution in [3.8, 4) is 11.5 Å². The second-order valence-electron chi connectivity index (χ2n) is 4.39. The average molecular weight is 267 g/mol. The molecule has 108 valence electrons. The minimum Gasteiger partial charge on any atom is -0.497 e. The van der Waals surface area contributed by atoms with E-state index in [2.05, 4.69) is 6.92 Å². The summed E-state index contributed by atoms with van der Waals surface area (Å²) in [6, 6.07) is 5.96. The molecule has 0 aromatic heterocycles. The summed E-state index contributed by atoms with van der Waals surface area (Å²) >= 11 is 0. The molecule has 4 nitrogen and oxygen atoms in total. The first-order chi connectivity index (χ1) is 9.21. The lowest BCUT2D eigenvalue weighted by atomic mass is 10.0. The van der Waals surface area contributed by atoms with E-state index in [9.17, 15) is 0 Å².